The molecule has 0 spiro atoms. The van der Waals surface area contributed by atoms with Crippen LogP contribution in [0, 0.1) is 0 Å². The molecule has 42 heavy (non-hydrogen) atoms. The molecule has 194 valence electrons. The van der Waals surface area contributed by atoms with Crippen LogP contribution < -0.4 is 0 Å². The van der Waals surface area contributed by atoms with E-state index in [1.165, 1.54) is 88.0 Å². The van der Waals surface area contributed by atoms with Crippen LogP contribution in [0.2, 0.25) is 0 Å². The molecule has 0 heterocycles. The summed E-state index contributed by atoms with van der Waals surface area (Å²) >= 11 is 0. The van der Waals surface area contributed by atoms with Crippen molar-refractivity contribution >= 4 is 32.3 Å². The number of hydrogen-bond donors (Lipinski definition) is 0. The first kappa shape index (κ1) is 23.3. The molecule has 0 bridgehead atoms. The van der Waals surface area contributed by atoms with Crippen LogP contribution in [0.5, 0.6) is 0 Å². The minimum absolute atomic E-state index is 1.25. The zero-order chi connectivity index (χ0) is 27.6. The fourth-order valence-corrected chi connectivity index (χ4v) is 7.22. The van der Waals surface area contributed by atoms with Gasteiger partial charge in [0.1, 0.15) is 0 Å². The van der Waals surface area contributed by atoms with E-state index in [0.29, 0.717) is 0 Å². The normalized spacial score (nSPS) is 11.8. The van der Waals surface area contributed by atoms with Gasteiger partial charge in [0.2, 0.25) is 0 Å². The van der Waals surface area contributed by atoms with Gasteiger partial charge in [-0.1, -0.05) is 152 Å². The van der Waals surface area contributed by atoms with Crippen LogP contribution in [0.1, 0.15) is 0 Å². The Bertz CT molecular complexity index is 2230. The average molecular weight is 531 g/mol. The molecule has 8 aromatic rings. The lowest BCUT2D eigenvalue weighted by atomic mass is 9.82. The molecule has 0 saturated carbocycles. The molecule has 0 atom stereocenters. The maximum absolute atomic E-state index is 2.37. The summed E-state index contributed by atoms with van der Waals surface area (Å²) in [6.07, 6.45) is 0. The van der Waals surface area contributed by atoms with Crippen molar-refractivity contribution in [1.82, 2.24) is 0 Å². The predicted molar refractivity (Wildman–Crippen MR) is 180 cm³/mol. The van der Waals surface area contributed by atoms with Gasteiger partial charge in [-0.2, -0.15) is 0 Å². The molecule has 0 heteroatoms. The Balaban J connectivity index is 1.44. The summed E-state index contributed by atoms with van der Waals surface area (Å²) < 4.78 is 0. The van der Waals surface area contributed by atoms with Gasteiger partial charge in [-0.25, -0.2) is 0 Å². The summed E-state index contributed by atoms with van der Waals surface area (Å²) in [5.41, 5.74) is 13.0. The number of benzene rings is 8. The molecule has 8 aromatic carbocycles. The molecule has 0 amide bonds. The second-order valence-corrected chi connectivity index (χ2v) is 11.2. The molecular weight excluding hydrogens is 504 g/mol. The van der Waals surface area contributed by atoms with Gasteiger partial charge in [0, 0.05) is 0 Å². The van der Waals surface area contributed by atoms with E-state index in [0.717, 1.165) is 0 Å². The highest BCUT2D eigenvalue weighted by molar-refractivity contribution is 6.28. The first-order valence-corrected chi connectivity index (χ1v) is 14.6. The van der Waals surface area contributed by atoms with E-state index >= 15 is 0 Å². The van der Waals surface area contributed by atoms with Crippen LogP contribution in [0.25, 0.3) is 88.0 Å². The highest BCUT2D eigenvalue weighted by Crippen LogP contribution is 2.58. The van der Waals surface area contributed by atoms with E-state index in [1.807, 2.05) is 0 Å². The maximum Gasteiger partial charge on any atom is -0.000741 e. The molecule has 9 rings (SSSR count). The Hall–Kier alpha value is -5.46. The van der Waals surface area contributed by atoms with Crippen LogP contribution in [-0.4, -0.2) is 0 Å². The van der Waals surface area contributed by atoms with Gasteiger partial charge in [0.25, 0.3) is 0 Å². The highest BCUT2D eigenvalue weighted by atomic mass is 14.3. The van der Waals surface area contributed by atoms with E-state index in [4.69, 9.17) is 0 Å². The molecule has 0 N–H and O–H groups in total. The Labute approximate surface area is 245 Å². The Morgan fingerprint density at radius 2 is 0.786 bits per heavy atom. The predicted octanol–water partition coefficient (Wildman–Crippen LogP) is 11.8. The quantitative estimate of drug-likeness (QED) is 0.213. The van der Waals surface area contributed by atoms with Crippen LogP contribution in [0.3, 0.4) is 0 Å². The van der Waals surface area contributed by atoms with Crippen molar-refractivity contribution in [2.75, 3.05) is 0 Å². The lowest BCUT2D eigenvalue weighted by Crippen LogP contribution is -1.93. The van der Waals surface area contributed by atoms with Gasteiger partial charge in [-0.15, -0.1) is 0 Å². The highest BCUT2D eigenvalue weighted by Gasteiger charge is 2.31. The lowest BCUT2D eigenvalue weighted by Gasteiger charge is -2.20. The molecular formula is C42H26. The van der Waals surface area contributed by atoms with E-state index in [2.05, 4.69) is 158 Å². The first-order chi connectivity index (χ1) is 20.9. The van der Waals surface area contributed by atoms with Crippen molar-refractivity contribution in [3.63, 3.8) is 0 Å². The summed E-state index contributed by atoms with van der Waals surface area (Å²) in [7, 11) is 0. The third-order valence-electron chi connectivity index (χ3n) is 8.98. The lowest BCUT2D eigenvalue weighted by molar-refractivity contribution is 1.62. The van der Waals surface area contributed by atoms with Crippen LogP contribution in [-0.2, 0) is 0 Å². The molecule has 0 saturated heterocycles. The largest absolute Gasteiger partial charge is 0.0622 e. The van der Waals surface area contributed by atoms with Crippen molar-refractivity contribution < 1.29 is 0 Å². The van der Waals surface area contributed by atoms with Crippen LogP contribution in [0.4, 0.5) is 0 Å². The van der Waals surface area contributed by atoms with Crippen molar-refractivity contribution in [2.24, 2.45) is 0 Å². The van der Waals surface area contributed by atoms with Crippen molar-refractivity contribution in [2.45, 2.75) is 0 Å². The third kappa shape index (κ3) is 3.30. The van der Waals surface area contributed by atoms with Crippen LogP contribution >= 0.6 is 0 Å². The molecule has 1 aliphatic rings. The second-order valence-electron chi connectivity index (χ2n) is 11.2. The molecule has 0 fully saturated rings. The van der Waals surface area contributed by atoms with E-state index in [1.54, 1.807) is 0 Å². The van der Waals surface area contributed by atoms with E-state index in [9.17, 15) is 0 Å². The topological polar surface area (TPSA) is 0 Å². The van der Waals surface area contributed by atoms with Gasteiger partial charge in [-0.05, 0) is 94.0 Å². The standard InChI is InChI=1S/C42H26/c1-3-13-28(14-4-1)38-34-18-9-10-19-35(34)39(29-15-5-2-6-16-29)42-37-25-24-32(33-20-11-21-36(40(33)37)41(38)42)31-23-22-27-12-7-8-17-30(27)26-31/h1-26H. The molecule has 0 aliphatic heterocycles. The molecule has 1 aliphatic carbocycles. The van der Waals surface area contributed by atoms with E-state index < -0.39 is 0 Å². The van der Waals surface area contributed by atoms with Crippen molar-refractivity contribution in [3.8, 4) is 55.6 Å². The van der Waals surface area contributed by atoms with Gasteiger partial charge in [-0.3, -0.25) is 0 Å². The summed E-state index contributed by atoms with van der Waals surface area (Å²) in [5, 5.41) is 7.78. The first-order valence-electron chi connectivity index (χ1n) is 14.6. The van der Waals surface area contributed by atoms with Crippen LogP contribution in [0.15, 0.2) is 158 Å². The molecule has 0 aromatic heterocycles. The number of fused-ring (bicyclic) bond motifs is 5. The summed E-state index contributed by atoms with van der Waals surface area (Å²) in [5.74, 6) is 0. The number of rotatable bonds is 3. The van der Waals surface area contributed by atoms with Crippen molar-refractivity contribution in [3.05, 3.63) is 158 Å². The fraction of sp³-hybridized carbons (Fsp3) is 0. The minimum Gasteiger partial charge on any atom is -0.0622 e. The summed E-state index contributed by atoms with van der Waals surface area (Å²) in [6.45, 7) is 0. The fourth-order valence-electron chi connectivity index (χ4n) is 7.22. The average Bonchev–Trinajstić information content (AvgIpc) is 3.39. The molecule has 0 radical (unpaired) electrons. The van der Waals surface area contributed by atoms with Gasteiger partial charge < -0.3 is 0 Å². The minimum atomic E-state index is 1.25. The summed E-state index contributed by atoms with van der Waals surface area (Å²) in [6, 6.07) is 57.9. The monoisotopic (exact) mass is 530 g/mol. The SMILES string of the molecule is c1ccc(-c2c3c(c(-c4ccccc4)c4ccccc24)-c2ccc(-c4ccc5ccccc5c4)c4cccc-3c24)cc1. The van der Waals surface area contributed by atoms with Gasteiger partial charge in [0.05, 0.1) is 0 Å². The smallest absolute Gasteiger partial charge is 0.000741 e. The summed E-state index contributed by atoms with van der Waals surface area (Å²) in [4.78, 5) is 0. The molecule has 0 nitrogen and oxygen atoms in total. The Morgan fingerprint density at radius 1 is 0.262 bits per heavy atom. The zero-order valence-electron chi connectivity index (χ0n) is 23.0. The molecule has 0 unspecified atom stereocenters. The van der Waals surface area contributed by atoms with Crippen molar-refractivity contribution in [1.29, 1.82) is 0 Å². The zero-order valence-corrected chi connectivity index (χ0v) is 23.0. The second kappa shape index (κ2) is 9.03. The maximum atomic E-state index is 2.37. The Kier molecular flexibility index (Phi) is 5.00. The number of hydrogen-bond acceptors (Lipinski definition) is 0. The van der Waals surface area contributed by atoms with E-state index in [-0.39, 0.29) is 0 Å². The Morgan fingerprint density at radius 3 is 1.45 bits per heavy atom. The van der Waals surface area contributed by atoms with Gasteiger partial charge in [0.15, 0.2) is 0 Å². The van der Waals surface area contributed by atoms with Gasteiger partial charge >= 0.3 is 0 Å². The third-order valence-corrected chi connectivity index (χ3v) is 8.98.